The van der Waals surface area contributed by atoms with Gasteiger partial charge in [-0.15, -0.1) is 11.3 Å². The van der Waals surface area contributed by atoms with Gasteiger partial charge in [-0.25, -0.2) is 18.1 Å². The highest BCUT2D eigenvalue weighted by atomic mass is 32.2. The molecule has 21 heavy (non-hydrogen) atoms. The van der Waals surface area contributed by atoms with Crippen molar-refractivity contribution in [2.75, 3.05) is 5.32 Å². The summed E-state index contributed by atoms with van der Waals surface area (Å²) in [6.07, 6.45) is 1.85. The van der Waals surface area contributed by atoms with E-state index in [0.717, 1.165) is 23.5 Å². The number of aryl methyl sites for hydroxylation is 1. The van der Waals surface area contributed by atoms with Crippen LogP contribution in [0.5, 0.6) is 0 Å². The molecule has 1 fully saturated rings. The summed E-state index contributed by atoms with van der Waals surface area (Å²) >= 11 is 1.58. The third-order valence-electron chi connectivity index (χ3n) is 3.20. The van der Waals surface area contributed by atoms with Gasteiger partial charge in [0.25, 0.3) is 0 Å². The molecule has 1 aromatic heterocycles. The summed E-state index contributed by atoms with van der Waals surface area (Å²) in [5.74, 6) is 0. The molecule has 112 valence electrons. The molecule has 5 nitrogen and oxygen atoms in total. The van der Waals surface area contributed by atoms with Crippen molar-refractivity contribution in [3.63, 3.8) is 0 Å². The smallest absolute Gasteiger partial charge is 0.242 e. The minimum Gasteiger partial charge on any atom is -0.378 e. The fraction of sp³-hybridized carbons (Fsp3) is 0.357. The number of sulfonamides is 1. The van der Waals surface area contributed by atoms with Gasteiger partial charge in [0.05, 0.1) is 22.9 Å². The highest BCUT2D eigenvalue weighted by Gasteiger charge is 2.29. The predicted molar refractivity (Wildman–Crippen MR) is 84.0 cm³/mol. The van der Waals surface area contributed by atoms with Crippen molar-refractivity contribution >= 4 is 27.0 Å². The Morgan fingerprint density at radius 1 is 1.33 bits per heavy atom. The second-order valence-corrected chi connectivity index (χ2v) is 7.85. The molecule has 1 aliphatic carbocycles. The van der Waals surface area contributed by atoms with Crippen molar-refractivity contribution in [3.05, 3.63) is 40.3 Å². The molecule has 0 radical (unpaired) electrons. The molecule has 0 aliphatic heterocycles. The van der Waals surface area contributed by atoms with Gasteiger partial charge in [0, 0.05) is 11.4 Å². The molecule has 3 rings (SSSR count). The molecule has 0 spiro atoms. The van der Waals surface area contributed by atoms with Crippen LogP contribution in [0.1, 0.15) is 23.5 Å². The van der Waals surface area contributed by atoms with E-state index < -0.39 is 10.0 Å². The topological polar surface area (TPSA) is 71.1 Å². The highest BCUT2D eigenvalue weighted by Crippen LogP contribution is 2.26. The first-order valence-electron chi connectivity index (χ1n) is 6.81. The second kappa shape index (κ2) is 5.75. The molecular weight excluding hydrogens is 306 g/mol. The zero-order valence-electron chi connectivity index (χ0n) is 11.7. The van der Waals surface area contributed by atoms with Crippen molar-refractivity contribution in [2.45, 2.75) is 37.2 Å². The lowest BCUT2D eigenvalue weighted by atomic mass is 10.3. The van der Waals surface area contributed by atoms with Crippen molar-refractivity contribution in [3.8, 4) is 0 Å². The molecule has 7 heteroatoms. The van der Waals surface area contributed by atoms with E-state index in [4.69, 9.17) is 0 Å². The van der Waals surface area contributed by atoms with Gasteiger partial charge in [-0.3, -0.25) is 0 Å². The van der Waals surface area contributed by atoms with Crippen LogP contribution >= 0.6 is 11.3 Å². The van der Waals surface area contributed by atoms with Gasteiger partial charge < -0.3 is 5.32 Å². The molecular formula is C14H17N3O2S2. The minimum absolute atomic E-state index is 0.101. The van der Waals surface area contributed by atoms with E-state index in [1.807, 2.05) is 18.4 Å². The highest BCUT2D eigenvalue weighted by molar-refractivity contribution is 7.89. The normalized spacial score (nSPS) is 15.1. The lowest BCUT2D eigenvalue weighted by Crippen LogP contribution is -2.26. The van der Waals surface area contributed by atoms with E-state index >= 15 is 0 Å². The van der Waals surface area contributed by atoms with Gasteiger partial charge in [-0.1, -0.05) is 12.1 Å². The Morgan fingerprint density at radius 2 is 2.10 bits per heavy atom. The number of aromatic nitrogens is 1. The molecule has 2 aromatic rings. The number of nitrogens with one attached hydrogen (secondary N) is 2. The maximum absolute atomic E-state index is 12.4. The summed E-state index contributed by atoms with van der Waals surface area (Å²) in [5.41, 5.74) is 1.52. The first-order valence-corrected chi connectivity index (χ1v) is 9.17. The molecule has 1 aliphatic rings. The average Bonchev–Trinajstić information content (AvgIpc) is 3.15. The number of hydrogen-bond acceptors (Lipinski definition) is 5. The molecule has 0 bridgehead atoms. The summed E-state index contributed by atoms with van der Waals surface area (Å²) in [4.78, 5) is 4.66. The number of nitrogens with zero attached hydrogens (tertiary/aromatic N) is 1. The number of anilines is 1. The van der Waals surface area contributed by atoms with Crippen LogP contribution in [0.2, 0.25) is 0 Å². The maximum Gasteiger partial charge on any atom is 0.242 e. The van der Waals surface area contributed by atoms with E-state index in [0.29, 0.717) is 17.1 Å². The molecule has 0 atom stereocenters. The number of para-hydroxylation sites is 1. The summed E-state index contributed by atoms with van der Waals surface area (Å²) < 4.78 is 27.4. The number of benzene rings is 1. The first-order chi connectivity index (χ1) is 10.0. The van der Waals surface area contributed by atoms with Crippen LogP contribution in [0, 0.1) is 6.92 Å². The summed E-state index contributed by atoms with van der Waals surface area (Å²) in [6, 6.07) is 7.06. The third-order valence-corrected chi connectivity index (χ3v) is 5.60. The fourth-order valence-electron chi connectivity index (χ4n) is 2.01. The van der Waals surface area contributed by atoms with Gasteiger partial charge in [-0.2, -0.15) is 0 Å². The quantitative estimate of drug-likeness (QED) is 0.857. The van der Waals surface area contributed by atoms with Crippen molar-refractivity contribution < 1.29 is 8.42 Å². The average molecular weight is 323 g/mol. The van der Waals surface area contributed by atoms with E-state index in [9.17, 15) is 8.42 Å². The van der Waals surface area contributed by atoms with Gasteiger partial charge >= 0.3 is 0 Å². The zero-order chi connectivity index (χ0) is 14.9. The predicted octanol–water partition coefficient (Wildman–Crippen LogP) is 2.50. The number of hydrogen-bond donors (Lipinski definition) is 2. The third kappa shape index (κ3) is 3.61. The second-order valence-electron chi connectivity index (χ2n) is 5.10. The Hall–Kier alpha value is -1.44. The van der Waals surface area contributed by atoms with Crippen LogP contribution in [-0.4, -0.2) is 19.4 Å². The minimum atomic E-state index is -3.46. The zero-order valence-corrected chi connectivity index (χ0v) is 13.3. The summed E-state index contributed by atoms with van der Waals surface area (Å²) in [5, 5.41) is 6.14. The monoisotopic (exact) mass is 323 g/mol. The summed E-state index contributed by atoms with van der Waals surface area (Å²) in [7, 11) is -3.46. The molecule has 1 heterocycles. The van der Waals surface area contributed by atoms with Crippen LogP contribution in [0.15, 0.2) is 34.5 Å². The molecule has 0 unspecified atom stereocenters. The van der Waals surface area contributed by atoms with Crippen LogP contribution in [-0.2, 0) is 16.6 Å². The van der Waals surface area contributed by atoms with Gasteiger partial charge in [0.1, 0.15) is 4.90 Å². The van der Waals surface area contributed by atoms with Crippen LogP contribution in [0.25, 0.3) is 0 Å². The molecule has 1 aromatic carbocycles. The Morgan fingerprint density at radius 3 is 2.76 bits per heavy atom. The molecule has 0 saturated heterocycles. The van der Waals surface area contributed by atoms with E-state index in [1.165, 1.54) is 0 Å². The Bertz CT molecular complexity index is 736. The number of thiazole rings is 1. The fourth-order valence-corrected chi connectivity index (χ4v) is 4.11. The Kier molecular flexibility index (Phi) is 3.97. The van der Waals surface area contributed by atoms with E-state index in [2.05, 4.69) is 15.0 Å². The standard InChI is InChI=1S/C14H17N3O2S2/c1-10-16-12(9-20-10)8-15-13-4-2-3-5-14(13)21(18,19)17-11-6-7-11/h2-5,9,11,15,17H,6-8H2,1H3. The largest absolute Gasteiger partial charge is 0.378 e. The Labute approximate surface area is 128 Å². The van der Waals surface area contributed by atoms with Gasteiger partial charge in [0.2, 0.25) is 10.0 Å². The van der Waals surface area contributed by atoms with Crippen LogP contribution in [0.3, 0.4) is 0 Å². The maximum atomic E-state index is 12.4. The SMILES string of the molecule is Cc1nc(CNc2ccccc2S(=O)(=O)NC2CC2)cs1. The van der Waals surface area contributed by atoms with Gasteiger partial charge in [-0.05, 0) is 31.9 Å². The van der Waals surface area contributed by atoms with Crippen LogP contribution in [0.4, 0.5) is 5.69 Å². The Balaban J connectivity index is 1.78. The van der Waals surface area contributed by atoms with Crippen molar-refractivity contribution in [2.24, 2.45) is 0 Å². The molecule has 0 amide bonds. The van der Waals surface area contributed by atoms with E-state index in [-0.39, 0.29) is 6.04 Å². The summed E-state index contributed by atoms with van der Waals surface area (Å²) in [6.45, 7) is 2.46. The van der Waals surface area contributed by atoms with Crippen molar-refractivity contribution in [1.82, 2.24) is 9.71 Å². The van der Waals surface area contributed by atoms with Gasteiger partial charge in [0.15, 0.2) is 0 Å². The first kappa shape index (κ1) is 14.5. The van der Waals surface area contributed by atoms with Crippen molar-refractivity contribution in [1.29, 1.82) is 0 Å². The lowest BCUT2D eigenvalue weighted by molar-refractivity contribution is 0.581. The molecule has 2 N–H and O–H groups in total. The lowest BCUT2D eigenvalue weighted by Gasteiger charge is -2.12. The molecule has 1 saturated carbocycles. The van der Waals surface area contributed by atoms with Crippen LogP contribution < -0.4 is 10.0 Å². The number of rotatable bonds is 6. The van der Waals surface area contributed by atoms with E-state index in [1.54, 1.807) is 29.5 Å².